The number of rotatable bonds is 8. The molecule has 0 saturated carbocycles. The Morgan fingerprint density at radius 1 is 1.00 bits per heavy atom. The summed E-state index contributed by atoms with van der Waals surface area (Å²) in [5.41, 5.74) is 1.82. The molecule has 0 heterocycles. The molecule has 3 rings (SSSR count). The number of carboxylic acids is 1. The first-order valence-corrected chi connectivity index (χ1v) is 11.5. The second-order valence-electron chi connectivity index (χ2n) is 7.42. The van der Waals surface area contributed by atoms with Gasteiger partial charge in [-0.2, -0.15) is 0 Å². The first kappa shape index (κ1) is 24.2. The maximum Gasteiger partial charge on any atom is 0.336 e. The van der Waals surface area contributed by atoms with Gasteiger partial charge in [-0.1, -0.05) is 6.07 Å². The van der Waals surface area contributed by atoms with Gasteiger partial charge in [-0.05, 0) is 86.0 Å². The molecule has 0 aromatic heterocycles. The van der Waals surface area contributed by atoms with Gasteiger partial charge in [0, 0.05) is 6.54 Å². The van der Waals surface area contributed by atoms with Crippen molar-refractivity contribution >= 4 is 21.7 Å². The van der Waals surface area contributed by atoms with Crippen molar-refractivity contribution in [2.24, 2.45) is 0 Å². The Hall–Kier alpha value is -3.46. The van der Waals surface area contributed by atoms with E-state index >= 15 is 0 Å². The van der Waals surface area contributed by atoms with Crippen molar-refractivity contribution in [2.75, 3.05) is 10.8 Å². The van der Waals surface area contributed by atoms with E-state index in [2.05, 4.69) is 0 Å². The largest absolute Gasteiger partial charge is 0.489 e. The fourth-order valence-electron chi connectivity index (χ4n) is 3.32. The van der Waals surface area contributed by atoms with E-state index < -0.39 is 27.6 Å². The maximum atomic E-state index is 13.3. The average molecular weight is 476 g/mol. The van der Waals surface area contributed by atoms with Crippen molar-refractivity contribution in [2.45, 2.75) is 32.3 Å². The number of ether oxygens (including phenoxy) is 1. The van der Waals surface area contributed by atoms with Gasteiger partial charge >= 0.3 is 5.97 Å². The number of aromatic carboxylic acids is 1. The minimum absolute atomic E-state index is 0.00689. The molecule has 1 N–H and O–H groups in total. The van der Waals surface area contributed by atoms with E-state index in [9.17, 15) is 27.1 Å². The van der Waals surface area contributed by atoms with E-state index in [1.165, 1.54) is 22.5 Å². The highest BCUT2D eigenvalue weighted by molar-refractivity contribution is 7.92. The third kappa shape index (κ3) is 5.14. The molecule has 0 aliphatic rings. The van der Waals surface area contributed by atoms with Crippen molar-refractivity contribution in [3.63, 3.8) is 0 Å². The first-order chi connectivity index (χ1) is 15.5. The van der Waals surface area contributed by atoms with Gasteiger partial charge in [0.2, 0.25) is 0 Å². The Morgan fingerprint density at radius 3 is 2.24 bits per heavy atom. The minimum atomic E-state index is -4.02. The Kier molecular flexibility index (Phi) is 7.02. The molecule has 0 radical (unpaired) electrons. The summed E-state index contributed by atoms with van der Waals surface area (Å²) >= 11 is 0. The van der Waals surface area contributed by atoms with E-state index in [0.717, 1.165) is 12.1 Å². The zero-order chi connectivity index (χ0) is 24.3. The molecule has 0 amide bonds. The van der Waals surface area contributed by atoms with Gasteiger partial charge < -0.3 is 9.84 Å². The number of benzene rings is 3. The van der Waals surface area contributed by atoms with Gasteiger partial charge in [-0.15, -0.1) is 0 Å². The Balaban J connectivity index is 1.84. The average Bonchev–Trinajstić information content (AvgIpc) is 2.77. The van der Waals surface area contributed by atoms with Gasteiger partial charge in [0.15, 0.2) is 11.6 Å². The number of carboxylic acid groups (broad SMARTS) is 1. The number of anilines is 1. The lowest BCUT2D eigenvalue weighted by Gasteiger charge is -2.24. The van der Waals surface area contributed by atoms with E-state index in [1.54, 1.807) is 45.0 Å². The Bertz CT molecular complexity index is 1290. The zero-order valence-corrected chi connectivity index (χ0v) is 19.1. The maximum absolute atomic E-state index is 13.3. The summed E-state index contributed by atoms with van der Waals surface area (Å²) in [6, 6.07) is 12.3. The van der Waals surface area contributed by atoms with Gasteiger partial charge in [-0.25, -0.2) is 22.0 Å². The summed E-state index contributed by atoms with van der Waals surface area (Å²) in [4.78, 5) is 11.4. The van der Waals surface area contributed by atoms with Crippen LogP contribution in [0.3, 0.4) is 0 Å². The SMILES string of the molecule is CCN(c1ccc(OCc2ccc(F)c(F)c2)cc1)S(=O)(=O)c1cc(C)c(C)c(C(=O)O)c1. The lowest BCUT2D eigenvalue weighted by molar-refractivity contribution is 0.0695. The van der Waals surface area contributed by atoms with E-state index in [4.69, 9.17) is 4.74 Å². The molecule has 0 unspecified atom stereocenters. The number of sulfonamides is 1. The predicted molar refractivity (Wildman–Crippen MR) is 120 cm³/mol. The van der Waals surface area contributed by atoms with Crippen LogP contribution in [0.4, 0.5) is 14.5 Å². The molecule has 3 aromatic rings. The van der Waals surface area contributed by atoms with Gasteiger partial charge in [0.05, 0.1) is 16.1 Å². The summed E-state index contributed by atoms with van der Waals surface area (Å²) in [7, 11) is -4.02. The minimum Gasteiger partial charge on any atom is -0.489 e. The fourth-order valence-corrected chi connectivity index (χ4v) is 4.91. The van der Waals surface area contributed by atoms with Crippen molar-refractivity contribution in [1.82, 2.24) is 0 Å². The molecule has 6 nitrogen and oxygen atoms in total. The van der Waals surface area contributed by atoms with Crippen molar-refractivity contribution in [3.8, 4) is 5.75 Å². The van der Waals surface area contributed by atoms with Crippen LogP contribution >= 0.6 is 0 Å². The molecule has 0 aliphatic carbocycles. The van der Waals surface area contributed by atoms with Gasteiger partial charge in [0.1, 0.15) is 12.4 Å². The molecule has 0 spiro atoms. The van der Waals surface area contributed by atoms with Crippen LogP contribution in [-0.4, -0.2) is 26.0 Å². The molecule has 0 fully saturated rings. The third-order valence-corrected chi connectivity index (χ3v) is 7.14. The highest BCUT2D eigenvalue weighted by atomic mass is 32.2. The number of halogens is 2. The molecular weight excluding hydrogens is 452 g/mol. The van der Waals surface area contributed by atoms with Crippen LogP contribution in [0.1, 0.15) is 34.0 Å². The monoisotopic (exact) mass is 475 g/mol. The van der Waals surface area contributed by atoms with Gasteiger partial charge in [0.25, 0.3) is 10.0 Å². The summed E-state index contributed by atoms with van der Waals surface area (Å²) in [6.45, 7) is 5.09. The molecule has 9 heteroatoms. The number of hydrogen-bond donors (Lipinski definition) is 1. The molecule has 0 aliphatic heterocycles. The van der Waals surface area contributed by atoms with Crippen molar-refractivity contribution in [3.05, 3.63) is 88.5 Å². The van der Waals surface area contributed by atoms with Crippen LogP contribution < -0.4 is 9.04 Å². The van der Waals surface area contributed by atoms with Crippen molar-refractivity contribution < 1.29 is 31.8 Å². The van der Waals surface area contributed by atoms with E-state index in [1.807, 2.05) is 0 Å². The first-order valence-electron chi connectivity index (χ1n) is 10.1. The quantitative estimate of drug-likeness (QED) is 0.492. The standard InChI is InChI=1S/C24H23F2NO5S/c1-4-27(33(30,31)20-11-15(2)16(3)21(13-20)24(28)29)18-6-8-19(9-7-18)32-14-17-5-10-22(25)23(26)12-17/h5-13H,4,14H2,1-3H3,(H,28,29). The van der Waals surface area contributed by atoms with Crippen LogP contribution in [0.5, 0.6) is 5.75 Å². The molecule has 0 saturated heterocycles. The highest BCUT2D eigenvalue weighted by Crippen LogP contribution is 2.28. The van der Waals surface area contributed by atoms with Crippen LogP contribution in [-0.2, 0) is 16.6 Å². The summed E-state index contributed by atoms with van der Waals surface area (Å²) < 4.78 is 59.7. The Labute approximate surface area is 191 Å². The second kappa shape index (κ2) is 9.58. The number of carbonyl (C=O) groups is 1. The molecule has 33 heavy (non-hydrogen) atoms. The second-order valence-corrected chi connectivity index (χ2v) is 9.28. The van der Waals surface area contributed by atoms with Gasteiger partial charge in [-0.3, -0.25) is 4.31 Å². The number of aryl methyl sites for hydroxylation is 1. The number of nitrogens with zero attached hydrogens (tertiary/aromatic N) is 1. The molecular formula is C24H23F2NO5S. The van der Waals surface area contributed by atoms with Crippen LogP contribution in [0.2, 0.25) is 0 Å². The van der Waals surface area contributed by atoms with Crippen LogP contribution in [0.25, 0.3) is 0 Å². The Morgan fingerprint density at radius 2 is 1.67 bits per heavy atom. The predicted octanol–water partition coefficient (Wildman–Crippen LogP) is 5.07. The number of hydrogen-bond acceptors (Lipinski definition) is 4. The van der Waals surface area contributed by atoms with Crippen LogP contribution in [0.15, 0.2) is 59.5 Å². The molecule has 3 aromatic carbocycles. The smallest absolute Gasteiger partial charge is 0.336 e. The summed E-state index contributed by atoms with van der Waals surface area (Å²) in [5.74, 6) is -2.69. The molecule has 0 atom stereocenters. The fraction of sp³-hybridized carbons (Fsp3) is 0.208. The van der Waals surface area contributed by atoms with E-state index in [0.29, 0.717) is 28.1 Å². The van der Waals surface area contributed by atoms with E-state index in [-0.39, 0.29) is 23.6 Å². The van der Waals surface area contributed by atoms with Crippen molar-refractivity contribution in [1.29, 1.82) is 0 Å². The lowest BCUT2D eigenvalue weighted by Crippen LogP contribution is -2.31. The zero-order valence-electron chi connectivity index (χ0n) is 18.3. The molecule has 0 bridgehead atoms. The van der Waals surface area contributed by atoms with Crippen LogP contribution in [0, 0.1) is 25.5 Å². The topological polar surface area (TPSA) is 83.9 Å². The normalized spacial score (nSPS) is 11.3. The molecule has 174 valence electrons. The summed E-state index contributed by atoms with van der Waals surface area (Å²) in [5, 5.41) is 9.42. The summed E-state index contributed by atoms with van der Waals surface area (Å²) in [6.07, 6.45) is 0. The third-order valence-electron chi connectivity index (χ3n) is 5.26. The highest BCUT2D eigenvalue weighted by Gasteiger charge is 2.26. The lowest BCUT2D eigenvalue weighted by atomic mass is 10.0.